The van der Waals surface area contributed by atoms with Gasteiger partial charge in [0.1, 0.15) is 23.0 Å². The highest BCUT2D eigenvalue weighted by atomic mass is 32.2. The largest absolute Gasteiger partial charge is 0.506 e. The Morgan fingerprint density at radius 2 is 2.10 bits per heavy atom. The molecule has 0 aliphatic carbocycles. The second-order valence-corrected chi connectivity index (χ2v) is 6.05. The van der Waals surface area contributed by atoms with Crippen LogP contribution in [0.2, 0.25) is 0 Å². The van der Waals surface area contributed by atoms with Crippen LogP contribution in [-0.4, -0.2) is 29.8 Å². The summed E-state index contributed by atoms with van der Waals surface area (Å²) in [6.45, 7) is 1.63. The maximum absolute atomic E-state index is 11.9. The summed E-state index contributed by atoms with van der Waals surface area (Å²) >= 11 is 0. The molecule has 2 rings (SSSR count). The molecule has 0 radical (unpaired) electrons. The quantitative estimate of drug-likeness (QED) is 0.710. The van der Waals surface area contributed by atoms with Crippen molar-refractivity contribution >= 4 is 21.7 Å². The Morgan fingerprint density at radius 3 is 2.62 bits per heavy atom. The van der Waals surface area contributed by atoms with Gasteiger partial charge in [0, 0.05) is 6.07 Å². The molecule has 0 atom stereocenters. The highest BCUT2D eigenvalue weighted by molar-refractivity contribution is 7.91. The zero-order valence-electron chi connectivity index (χ0n) is 10.9. The Kier molecular flexibility index (Phi) is 3.85. The molecular weight excluding hydrogens is 300 g/mol. The topological polar surface area (TPSA) is 130 Å². The molecule has 0 spiro atoms. The van der Waals surface area contributed by atoms with Crippen LogP contribution in [0.25, 0.3) is 0 Å². The minimum absolute atomic E-state index is 0.111. The summed E-state index contributed by atoms with van der Waals surface area (Å²) in [4.78, 5) is 10.7. The molecule has 9 heteroatoms. The van der Waals surface area contributed by atoms with E-state index in [9.17, 15) is 18.3 Å². The Hall–Kier alpha value is -2.55. The molecule has 0 unspecified atom stereocenters. The summed E-state index contributed by atoms with van der Waals surface area (Å²) < 4.78 is 30.8. The minimum Gasteiger partial charge on any atom is -0.506 e. The number of nitrogens with one attached hydrogen (secondary N) is 1. The Morgan fingerprint density at radius 1 is 1.38 bits per heavy atom. The zero-order valence-corrected chi connectivity index (χ0v) is 11.7. The number of aromatic carboxylic acids is 1. The number of hydrogen-bond donors (Lipinski definition) is 3. The summed E-state index contributed by atoms with van der Waals surface area (Å²) in [5.74, 6) is -1.65. The average molecular weight is 312 g/mol. The third-order valence-electron chi connectivity index (χ3n) is 2.52. The van der Waals surface area contributed by atoms with Gasteiger partial charge in [-0.05, 0) is 25.1 Å². The number of sulfonamides is 1. The van der Waals surface area contributed by atoms with Gasteiger partial charge in [-0.2, -0.15) is 0 Å². The van der Waals surface area contributed by atoms with Crippen molar-refractivity contribution in [2.45, 2.75) is 12.7 Å². The molecule has 0 aliphatic rings. The number of anilines is 1. The average Bonchev–Trinajstić information content (AvgIpc) is 2.76. The molecule has 0 saturated heterocycles. The van der Waals surface area contributed by atoms with E-state index in [2.05, 4.69) is 9.88 Å². The fraction of sp³-hybridized carbons (Fsp3) is 0.167. The fourth-order valence-electron chi connectivity index (χ4n) is 1.64. The van der Waals surface area contributed by atoms with Crippen molar-refractivity contribution in [3.8, 4) is 5.75 Å². The fourth-order valence-corrected chi connectivity index (χ4v) is 2.74. The monoisotopic (exact) mass is 312 g/mol. The third-order valence-corrected chi connectivity index (χ3v) is 3.73. The molecule has 1 aromatic heterocycles. The van der Waals surface area contributed by atoms with Crippen molar-refractivity contribution in [3.63, 3.8) is 0 Å². The van der Waals surface area contributed by atoms with Gasteiger partial charge in [-0.25, -0.2) is 13.2 Å². The van der Waals surface area contributed by atoms with E-state index in [4.69, 9.17) is 9.63 Å². The van der Waals surface area contributed by atoms with Crippen LogP contribution in [0.4, 0.5) is 5.69 Å². The minimum atomic E-state index is -3.81. The number of aryl methyl sites for hydroxylation is 1. The summed E-state index contributed by atoms with van der Waals surface area (Å²) in [5.41, 5.74) is -0.0376. The van der Waals surface area contributed by atoms with E-state index in [1.54, 1.807) is 6.92 Å². The SMILES string of the molecule is Cc1cc(CS(=O)(=O)Nc2ccc(C(=O)O)cc2O)no1. The molecule has 0 fully saturated rings. The summed E-state index contributed by atoms with van der Waals surface area (Å²) in [7, 11) is -3.81. The molecule has 0 amide bonds. The van der Waals surface area contributed by atoms with E-state index in [0.29, 0.717) is 5.76 Å². The first-order valence-corrected chi connectivity index (χ1v) is 7.41. The molecule has 0 bridgehead atoms. The Bertz CT molecular complexity index is 781. The first-order chi connectivity index (χ1) is 9.77. The van der Waals surface area contributed by atoms with E-state index < -0.39 is 27.5 Å². The van der Waals surface area contributed by atoms with Gasteiger partial charge in [-0.3, -0.25) is 4.72 Å². The number of hydrogen-bond acceptors (Lipinski definition) is 6. The zero-order chi connectivity index (χ0) is 15.6. The number of carbonyl (C=O) groups is 1. The van der Waals surface area contributed by atoms with Gasteiger partial charge in [-0.1, -0.05) is 5.16 Å². The highest BCUT2D eigenvalue weighted by Gasteiger charge is 2.17. The first kappa shape index (κ1) is 14.9. The molecule has 0 aliphatic heterocycles. The van der Waals surface area contributed by atoms with Crippen LogP contribution in [0.5, 0.6) is 5.75 Å². The standard InChI is InChI=1S/C12H12N2O6S/c1-7-4-9(13-20-7)6-21(18,19)14-10-3-2-8(12(16)17)5-11(10)15/h2-5,14-15H,6H2,1H3,(H,16,17). The van der Waals surface area contributed by atoms with Crippen molar-refractivity contribution in [1.29, 1.82) is 0 Å². The van der Waals surface area contributed by atoms with Gasteiger partial charge in [0.05, 0.1) is 11.3 Å². The lowest BCUT2D eigenvalue weighted by Gasteiger charge is -2.09. The molecule has 8 nitrogen and oxygen atoms in total. The van der Waals surface area contributed by atoms with Crippen LogP contribution in [0, 0.1) is 6.92 Å². The maximum Gasteiger partial charge on any atom is 0.335 e. The maximum atomic E-state index is 11.9. The number of carboxylic acids is 1. The van der Waals surface area contributed by atoms with E-state index in [0.717, 1.165) is 6.07 Å². The number of carboxylic acid groups (broad SMARTS) is 1. The van der Waals surface area contributed by atoms with Gasteiger partial charge < -0.3 is 14.7 Å². The molecule has 3 N–H and O–H groups in total. The second kappa shape index (κ2) is 5.44. The van der Waals surface area contributed by atoms with Crippen LogP contribution in [0.1, 0.15) is 21.8 Å². The predicted molar refractivity (Wildman–Crippen MR) is 72.6 cm³/mol. The van der Waals surface area contributed by atoms with Gasteiger partial charge >= 0.3 is 5.97 Å². The lowest BCUT2D eigenvalue weighted by molar-refractivity contribution is 0.0696. The summed E-state index contributed by atoms with van der Waals surface area (Å²) in [6.07, 6.45) is 0. The lowest BCUT2D eigenvalue weighted by atomic mass is 10.2. The van der Waals surface area contributed by atoms with E-state index in [-0.39, 0.29) is 16.9 Å². The normalized spacial score (nSPS) is 11.3. The van der Waals surface area contributed by atoms with Crippen LogP contribution >= 0.6 is 0 Å². The van der Waals surface area contributed by atoms with Crippen molar-refractivity contribution < 1.29 is 27.9 Å². The number of aromatic nitrogens is 1. The van der Waals surface area contributed by atoms with Crippen LogP contribution in [0.3, 0.4) is 0 Å². The predicted octanol–water partition coefficient (Wildman–Crippen LogP) is 1.33. The lowest BCUT2D eigenvalue weighted by Crippen LogP contribution is -2.15. The molecule has 21 heavy (non-hydrogen) atoms. The van der Waals surface area contributed by atoms with Crippen LogP contribution in [-0.2, 0) is 15.8 Å². The highest BCUT2D eigenvalue weighted by Crippen LogP contribution is 2.26. The van der Waals surface area contributed by atoms with Gasteiger partial charge in [0.15, 0.2) is 0 Å². The van der Waals surface area contributed by atoms with E-state index in [1.807, 2.05) is 0 Å². The number of phenols is 1. The molecule has 112 valence electrons. The second-order valence-electron chi connectivity index (χ2n) is 4.33. The number of rotatable bonds is 5. The third kappa shape index (κ3) is 3.72. The summed E-state index contributed by atoms with van der Waals surface area (Å²) in [6, 6.07) is 4.79. The van der Waals surface area contributed by atoms with Gasteiger partial charge in [0.25, 0.3) is 0 Å². The number of benzene rings is 1. The van der Waals surface area contributed by atoms with Crippen LogP contribution in [0.15, 0.2) is 28.8 Å². The Labute approximate surface area is 120 Å². The smallest absolute Gasteiger partial charge is 0.335 e. The van der Waals surface area contributed by atoms with Crippen molar-refractivity contribution in [1.82, 2.24) is 5.16 Å². The van der Waals surface area contributed by atoms with Gasteiger partial charge in [-0.15, -0.1) is 0 Å². The molecule has 0 saturated carbocycles. The van der Waals surface area contributed by atoms with E-state index in [1.165, 1.54) is 18.2 Å². The number of nitrogens with zero attached hydrogens (tertiary/aromatic N) is 1. The molecular formula is C12H12N2O6S. The van der Waals surface area contributed by atoms with Crippen molar-refractivity contribution in [2.24, 2.45) is 0 Å². The first-order valence-electron chi connectivity index (χ1n) is 5.76. The number of phenolic OH excluding ortho intramolecular Hbond substituents is 1. The molecule has 2 aromatic rings. The van der Waals surface area contributed by atoms with E-state index >= 15 is 0 Å². The van der Waals surface area contributed by atoms with Crippen LogP contribution < -0.4 is 4.72 Å². The van der Waals surface area contributed by atoms with Crippen molar-refractivity contribution in [3.05, 3.63) is 41.3 Å². The number of aromatic hydroxyl groups is 1. The molecule has 1 aromatic carbocycles. The van der Waals surface area contributed by atoms with Gasteiger partial charge in [0.2, 0.25) is 10.0 Å². The molecule has 1 heterocycles. The Balaban J connectivity index is 2.18. The van der Waals surface area contributed by atoms with Crippen molar-refractivity contribution in [2.75, 3.05) is 4.72 Å². The summed E-state index contributed by atoms with van der Waals surface area (Å²) in [5, 5.41) is 22.0.